The largest absolute Gasteiger partial charge is 0.352 e. The second-order valence-electron chi connectivity index (χ2n) is 9.16. The first kappa shape index (κ1) is 26.2. The number of alkyl halides is 1. The number of hydrogen-bond acceptors (Lipinski definition) is 1. The summed E-state index contributed by atoms with van der Waals surface area (Å²) in [4.78, 5) is 12.8. The Morgan fingerprint density at radius 3 is 2.25 bits per heavy atom. The molecule has 0 bridgehead atoms. The molecule has 0 spiro atoms. The van der Waals surface area contributed by atoms with Crippen LogP contribution in [0.1, 0.15) is 93.3 Å². The van der Waals surface area contributed by atoms with Gasteiger partial charge in [-0.25, -0.2) is 0 Å². The fourth-order valence-corrected chi connectivity index (χ4v) is 4.31. The van der Waals surface area contributed by atoms with Gasteiger partial charge >= 0.3 is 0 Å². The number of amides is 1. The second kappa shape index (κ2) is 14.1. The van der Waals surface area contributed by atoms with Gasteiger partial charge in [0.2, 0.25) is 0 Å². The molecular weight excluding hydrogens is 399 g/mol. The number of halogens is 1. The number of benzene rings is 1. The van der Waals surface area contributed by atoms with Gasteiger partial charge in [-0.05, 0) is 57.1 Å². The summed E-state index contributed by atoms with van der Waals surface area (Å²) in [6.45, 7) is 9.96. The Morgan fingerprint density at radius 2 is 1.69 bits per heavy atom. The summed E-state index contributed by atoms with van der Waals surface area (Å²) in [5, 5.41) is 3.09. The summed E-state index contributed by atoms with van der Waals surface area (Å²) >= 11 is 0. The van der Waals surface area contributed by atoms with Crippen molar-refractivity contribution in [2.45, 2.75) is 92.0 Å². The highest BCUT2D eigenvalue weighted by molar-refractivity contribution is 5.97. The van der Waals surface area contributed by atoms with Gasteiger partial charge in [-0.15, -0.1) is 0 Å². The zero-order chi connectivity index (χ0) is 23.3. The number of carbonyl (C=O) groups is 1. The Morgan fingerprint density at radius 1 is 1.03 bits per heavy atom. The molecule has 1 heterocycles. The first-order valence-electron chi connectivity index (χ1n) is 12.6. The molecule has 1 N–H and O–H groups in total. The highest BCUT2D eigenvalue weighted by Crippen LogP contribution is 2.31. The van der Waals surface area contributed by atoms with Crippen molar-refractivity contribution in [2.75, 3.05) is 13.2 Å². The average molecular weight is 443 g/mol. The predicted octanol–water partition coefficient (Wildman–Crippen LogP) is 7.64. The monoisotopic (exact) mass is 442 g/mol. The zero-order valence-electron chi connectivity index (χ0n) is 20.7. The third-order valence-electron chi connectivity index (χ3n) is 6.43. The van der Waals surface area contributed by atoms with E-state index >= 15 is 0 Å². The summed E-state index contributed by atoms with van der Waals surface area (Å²) in [6, 6.07) is 10.8. The molecule has 1 aliphatic rings. The summed E-state index contributed by atoms with van der Waals surface area (Å²) in [6.07, 6.45) is 10.5. The van der Waals surface area contributed by atoms with Crippen LogP contribution in [0, 0.1) is 19.8 Å². The van der Waals surface area contributed by atoms with Gasteiger partial charge < -0.3 is 9.88 Å². The number of unbranched alkanes of at least 4 members (excludes halogenated alkanes) is 2. The van der Waals surface area contributed by atoms with Crippen molar-refractivity contribution < 1.29 is 9.18 Å². The van der Waals surface area contributed by atoms with Crippen LogP contribution >= 0.6 is 0 Å². The minimum absolute atomic E-state index is 0.0664. The van der Waals surface area contributed by atoms with E-state index in [2.05, 4.69) is 61.0 Å². The summed E-state index contributed by atoms with van der Waals surface area (Å²) < 4.78 is 13.4. The standard InChI is InChI=1S/C24H34N2O.C4H9F/c1-4-5-15-25-24(27)22-16-23(21-13-11-18(2)12-14-21)26(19(22)3)17-20-9-7-6-8-10-20;1-2-3-4-5/h11-14,16,20H,4-10,15,17H2,1-3H3,(H,25,27);2-4H2,1H3. The first-order chi connectivity index (χ1) is 15.5. The quantitative estimate of drug-likeness (QED) is 0.398. The third kappa shape index (κ3) is 7.79. The Labute approximate surface area is 194 Å². The van der Waals surface area contributed by atoms with Crippen LogP contribution in [0.4, 0.5) is 4.39 Å². The number of carbonyl (C=O) groups excluding carboxylic acids is 1. The second-order valence-corrected chi connectivity index (χ2v) is 9.16. The Bertz CT molecular complexity index is 802. The molecule has 0 saturated heterocycles. The molecule has 4 heteroatoms. The number of nitrogens with zero attached hydrogens (tertiary/aromatic N) is 1. The number of rotatable bonds is 9. The van der Waals surface area contributed by atoms with Crippen LogP contribution in [-0.2, 0) is 6.54 Å². The molecule has 1 saturated carbocycles. The van der Waals surface area contributed by atoms with E-state index in [9.17, 15) is 9.18 Å². The SMILES string of the molecule is CCCCF.CCCCNC(=O)c1cc(-c2ccc(C)cc2)n(CC2CCCCC2)c1C. The summed E-state index contributed by atoms with van der Waals surface area (Å²) in [5.41, 5.74) is 5.58. The van der Waals surface area contributed by atoms with Crippen LogP contribution in [0.5, 0.6) is 0 Å². The van der Waals surface area contributed by atoms with Crippen molar-refractivity contribution in [3.63, 3.8) is 0 Å². The number of nitrogens with one attached hydrogen (secondary N) is 1. The fraction of sp³-hybridized carbons (Fsp3) is 0.607. The molecule has 0 radical (unpaired) electrons. The zero-order valence-corrected chi connectivity index (χ0v) is 20.7. The Hall–Kier alpha value is -2.10. The van der Waals surface area contributed by atoms with Crippen LogP contribution < -0.4 is 5.32 Å². The number of aryl methyl sites for hydroxylation is 1. The number of hydrogen-bond donors (Lipinski definition) is 1. The molecule has 2 aromatic rings. The molecule has 1 aliphatic carbocycles. The lowest BCUT2D eigenvalue weighted by Gasteiger charge is -2.24. The van der Waals surface area contributed by atoms with E-state index < -0.39 is 0 Å². The lowest BCUT2D eigenvalue weighted by molar-refractivity contribution is 0.0952. The first-order valence-corrected chi connectivity index (χ1v) is 12.6. The van der Waals surface area contributed by atoms with Crippen molar-refractivity contribution in [1.82, 2.24) is 9.88 Å². The van der Waals surface area contributed by atoms with E-state index in [4.69, 9.17) is 0 Å². The molecule has 0 atom stereocenters. The highest BCUT2D eigenvalue weighted by atomic mass is 19.1. The van der Waals surface area contributed by atoms with Crippen molar-refractivity contribution >= 4 is 5.91 Å². The smallest absolute Gasteiger partial charge is 0.253 e. The van der Waals surface area contributed by atoms with E-state index in [0.717, 1.165) is 55.9 Å². The van der Waals surface area contributed by atoms with E-state index in [1.165, 1.54) is 48.9 Å². The normalized spacial score (nSPS) is 14.0. The lowest BCUT2D eigenvalue weighted by Crippen LogP contribution is -2.25. The van der Waals surface area contributed by atoms with E-state index in [0.29, 0.717) is 0 Å². The summed E-state index contributed by atoms with van der Waals surface area (Å²) in [7, 11) is 0. The van der Waals surface area contributed by atoms with Crippen molar-refractivity contribution in [3.05, 3.63) is 47.2 Å². The highest BCUT2D eigenvalue weighted by Gasteiger charge is 2.21. The fourth-order valence-electron chi connectivity index (χ4n) is 4.31. The summed E-state index contributed by atoms with van der Waals surface area (Å²) in [5.74, 6) is 0.793. The minimum Gasteiger partial charge on any atom is -0.352 e. The lowest BCUT2D eigenvalue weighted by atomic mass is 9.89. The topological polar surface area (TPSA) is 34.0 Å². The molecule has 178 valence electrons. The van der Waals surface area contributed by atoms with Gasteiger partial charge in [0.15, 0.2) is 0 Å². The van der Waals surface area contributed by atoms with Gasteiger partial charge in [0.05, 0.1) is 12.2 Å². The molecule has 1 amide bonds. The van der Waals surface area contributed by atoms with Crippen LogP contribution in [0.2, 0.25) is 0 Å². The molecule has 1 fully saturated rings. The molecular formula is C28H43FN2O. The molecule has 3 rings (SSSR count). The number of aromatic nitrogens is 1. The van der Waals surface area contributed by atoms with Crippen molar-refractivity contribution in [3.8, 4) is 11.3 Å². The van der Waals surface area contributed by atoms with Gasteiger partial charge in [-0.1, -0.05) is 75.8 Å². The van der Waals surface area contributed by atoms with Crippen LogP contribution in [0.25, 0.3) is 11.3 Å². The van der Waals surface area contributed by atoms with Crippen LogP contribution in [-0.4, -0.2) is 23.7 Å². The molecule has 32 heavy (non-hydrogen) atoms. The molecule has 1 aromatic carbocycles. The molecule has 1 aromatic heterocycles. The van der Waals surface area contributed by atoms with Crippen LogP contribution in [0.15, 0.2) is 30.3 Å². The maximum Gasteiger partial charge on any atom is 0.253 e. The Kier molecular flexibility index (Phi) is 11.5. The maximum atomic E-state index is 12.8. The van der Waals surface area contributed by atoms with Gasteiger partial charge in [-0.3, -0.25) is 9.18 Å². The van der Waals surface area contributed by atoms with Crippen LogP contribution in [0.3, 0.4) is 0 Å². The van der Waals surface area contributed by atoms with Gasteiger partial charge in [0, 0.05) is 24.5 Å². The van der Waals surface area contributed by atoms with Crippen molar-refractivity contribution in [2.24, 2.45) is 5.92 Å². The molecule has 0 unspecified atom stereocenters. The van der Waals surface area contributed by atoms with E-state index in [1.807, 2.05) is 6.92 Å². The average Bonchev–Trinajstić information content (AvgIpc) is 3.12. The van der Waals surface area contributed by atoms with Gasteiger partial charge in [0.25, 0.3) is 5.91 Å². The maximum absolute atomic E-state index is 12.8. The minimum atomic E-state index is -0.156. The van der Waals surface area contributed by atoms with Crippen molar-refractivity contribution in [1.29, 1.82) is 0 Å². The molecule has 0 aliphatic heterocycles. The van der Waals surface area contributed by atoms with E-state index in [-0.39, 0.29) is 12.6 Å². The van der Waals surface area contributed by atoms with E-state index in [1.54, 1.807) is 0 Å². The Balaban J connectivity index is 0.000000654. The third-order valence-corrected chi connectivity index (χ3v) is 6.43. The van der Waals surface area contributed by atoms with Gasteiger partial charge in [0.1, 0.15) is 0 Å². The molecule has 3 nitrogen and oxygen atoms in total. The van der Waals surface area contributed by atoms with Gasteiger partial charge in [-0.2, -0.15) is 0 Å². The predicted molar refractivity (Wildman–Crippen MR) is 134 cm³/mol.